The second-order valence-electron chi connectivity index (χ2n) is 9.41. The van der Waals surface area contributed by atoms with E-state index in [-0.39, 0.29) is 24.0 Å². The summed E-state index contributed by atoms with van der Waals surface area (Å²) >= 11 is 0. The molecule has 2 aromatic heterocycles. The number of aliphatic hydroxyl groups excluding tert-OH is 1. The lowest BCUT2D eigenvalue weighted by atomic mass is 9.71. The Morgan fingerprint density at radius 1 is 1.34 bits per heavy atom. The fourth-order valence-corrected chi connectivity index (χ4v) is 4.43. The molecule has 0 aliphatic heterocycles. The molecule has 5 nitrogen and oxygen atoms in total. The minimum atomic E-state index is -0.390. The normalized spacial score (nSPS) is 20.3. The van der Waals surface area contributed by atoms with E-state index >= 15 is 0 Å². The highest BCUT2D eigenvalue weighted by atomic mass is 16.3. The van der Waals surface area contributed by atoms with E-state index in [0.717, 1.165) is 54.4 Å². The summed E-state index contributed by atoms with van der Waals surface area (Å²) < 4.78 is 0. The van der Waals surface area contributed by atoms with Crippen LogP contribution in [-0.4, -0.2) is 33.6 Å². The number of hydrogen-bond acceptors (Lipinski definition) is 3. The van der Waals surface area contributed by atoms with Crippen molar-refractivity contribution in [3.05, 3.63) is 52.9 Å². The van der Waals surface area contributed by atoms with Gasteiger partial charge < -0.3 is 15.4 Å². The van der Waals surface area contributed by atoms with Crippen molar-refractivity contribution in [1.82, 2.24) is 15.3 Å². The molecule has 3 N–H and O–H groups in total. The molecule has 1 unspecified atom stereocenters. The van der Waals surface area contributed by atoms with Crippen molar-refractivity contribution in [2.45, 2.75) is 58.9 Å². The summed E-state index contributed by atoms with van der Waals surface area (Å²) in [6.07, 6.45) is 11.3. The average molecular weight is 394 g/mol. The lowest BCUT2D eigenvalue weighted by molar-refractivity contribution is 0.0923. The molecule has 2 heterocycles. The molecule has 0 saturated heterocycles. The molecule has 4 rings (SSSR count). The van der Waals surface area contributed by atoms with Gasteiger partial charge in [-0.25, -0.2) is 0 Å². The fourth-order valence-electron chi connectivity index (χ4n) is 4.43. The minimum absolute atomic E-state index is 0.122. The van der Waals surface area contributed by atoms with Gasteiger partial charge in [-0.15, -0.1) is 0 Å². The van der Waals surface area contributed by atoms with Crippen LogP contribution in [0, 0.1) is 11.3 Å². The number of allylic oxidation sites excluding steroid dienone is 2. The molecule has 154 valence electrons. The highest BCUT2D eigenvalue weighted by Gasteiger charge is 2.29. The minimum Gasteiger partial charge on any atom is -0.394 e. The van der Waals surface area contributed by atoms with Crippen molar-refractivity contribution in [1.29, 1.82) is 0 Å². The van der Waals surface area contributed by atoms with Crippen LogP contribution >= 0.6 is 0 Å². The van der Waals surface area contributed by atoms with Gasteiger partial charge in [-0.05, 0) is 66.7 Å². The van der Waals surface area contributed by atoms with Crippen LogP contribution < -0.4 is 5.32 Å². The van der Waals surface area contributed by atoms with Crippen molar-refractivity contribution in [2.24, 2.45) is 11.3 Å². The highest BCUT2D eigenvalue weighted by Crippen LogP contribution is 2.37. The quantitative estimate of drug-likeness (QED) is 0.732. The zero-order valence-corrected chi connectivity index (χ0v) is 17.6. The number of aryl methyl sites for hydroxylation is 1. The van der Waals surface area contributed by atoms with Gasteiger partial charge in [0.05, 0.1) is 23.7 Å². The second kappa shape index (κ2) is 7.79. The van der Waals surface area contributed by atoms with Crippen LogP contribution in [0.4, 0.5) is 0 Å². The zero-order valence-electron chi connectivity index (χ0n) is 17.6. The third-order valence-corrected chi connectivity index (χ3v) is 6.35. The lowest BCUT2D eigenvalue weighted by Crippen LogP contribution is -2.39. The van der Waals surface area contributed by atoms with Crippen LogP contribution in [0.5, 0.6) is 0 Å². The first-order valence-corrected chi connectivity index (χ1v) is 10.6. The number of aliphatic hydroxyl groups is 1. The first-order valence-electron chi connectivity index (χ1n) is 10.6. The van der Waals surface area contributed by atoms with E-state index in [9.17, 15) is 9.90 Å². The van der Waals surface area contributed by atoms with Crippen LogP contribution in [0.15, 0.2) is 35.9 Å². The first-order chi connectivity index (χ1) is 13.8. The predicted octanol–water partition coefficient (Wildman–Crippen LogP) is 4.08. The van der Waals surface area contributed by atoms with E-state index in [1.807, 2.05) is 12.1 Å². The molecular formula is C24H31N3O2. The van der Waals surface area contributed by atoms with E-state index in [0.29, 0.717) is 11.6 Å². The Kier molecular flexibility index (Phi) is 5.34. The van der Waals surface area contributed by atoms with Crippen LogP contribution in [0.2, 0.25) is 0 Å². The molecule has 5 heteroatoms. The topological polar surface area (TPSA) is 78.0 Å². The Morgan fingerprint density at radius 2 is 2.17 bits per heavy atom. The van der Waals surface area contributed by atoms with Crippen molar-refractivity contribution >= 4 is 16.9 Å². The van der Waals surface area contributed by atoms with Crippen LogP contribution in [0.1, 0.15) is 61.8 Å². The van der Waals surface area contributed by atoms with Gasteiger partial charge in [-0.2, -0.15) is 0 Å². The van der Waals surface area contributed by atoms with Crippen LogP contribution in [0.25, 0.3) is 11.0 Å². The molecule has 0 aromatic carbocycles. The molecule has 2 aliphatic rings. The highest BCUT2D eigenvalue weighted by molar-refractivity contribution is 5.97. The van der Waals surface area contributed by atoms with E-state index in [2.05, 4.69) is 49.3 Å². The van der Waals surface area contributed by atoms with Gasteiger partial charge >= 0.3 is 0 Å². The number of H-pyrrole nitrogens is 1. The third-order valence-electron chi connectivity index (χ3n) is 6.35. The molecule has 0 bridgehead atoms. The number of pyridine rings is 1. The lowest BCUT2D eigenvalue weighted by Gasteiger charge is -2.34. The maximum Gasteiger partial charge on any atom is 0.268 e. The summed E-state index contributed by atoms with van der Waals surface area (Å²) in [5.41, 5.74) is 5.93. The number of aromatic nitrogens is 2. The smallest absolute Gasteiger partial charge is 0.268 e. The molecule has 29 heavy (non-hydrogen) atoms. The Hall–Kier alpha value is -2.40. The predicted molar refractivity (Wildman–Crippen MR) is 116 cm³/mol. The third kappa shape index (κ3) is 4.15. The molecule has 2 atom stereocenters. The number of rotatable bonds is 4. The Labute approximate surface area is 172 Å². The number of fused-ring (bicyclic) bond motifs is 2. The SMILES string of the molecule is CC(C)(C)C1CCc2nc3cc(C(=O)N[C@@H](CO)C4=CCCC=C4)[nH]c3cc2C1. The van der Waals surface area contributed by atoms with Crippen molar-refractivity contribution < 1.29 is 9.90 Å². The monoisotopic (exact) mass is 393 g/mol. The number of nitrogens with zero attached hydrogens (tertiary/aromatic N) is 1. The number of carbonyl (C=O) groups is 1. The van der Waals surface area contributed by atoms with Crippen LogP contribution in [0.3, 0.4) is 0 Å². The Bertz CT molecular complexity index is 978. The van der Waals surface area contributed by atoms with Gasteiger partial charge in [0.15, 0.2) is 0 Å². The summed E-state index contributed by atoms with van der Waals surface area (Å²) in [6.45, 7) is 6.80. The standard InChI is InChI=1S/C24H31N3O2/c1-24(2,3)17-9-10-18-16(11-17)12-19-20(25-18)13-21(26-19)23(29)27-22(14-28)15-7-5-4-6-8-15/h5,7-8,12-13,17,22,26,28H,4,6,9-11,14H2,1-3H3,(H,27,29)/t17?,22-/m0/s1. The van der Waals surface area contributed by atoms with E-state index in [1.54, 1.807) is 0 Å². The summed E-state index contributed by atoms with van der Waals surface area (Å²) in [4.78, 5) is 20.9. The summed E-state index contributed by atoms with van der Waals surface area (Å²) in [5, 5.41) is 12.7. The number of amides is 1. The molecule has 0 saturated carbocycles. The maximum atomic E-state index is 12.8. The number of nitrogens with one attached hydrogen (secondary N) is 2. The zero-order chi connectivity index (χ0) is 20.6. The van der Waals surface area contributed by atoms with Crippen molar-refractivity contribution in [3.8, 4) is 0 Å². The molecule has 1 amide bonds. The van der Waals surface area contributed by atoms with Gasteiger partial charge in [-0.3, -0.25) is 9.78 Å². The summed E-state index contributed by atoms with van der Waals surface area (Å²) in [6, 6.07) is 3.60. The van der Waals surface area contributed by atoms with Crippen molar-refractivity contribution in [2.75, 3.05) is 6.61 Å². The fraction of sp³-hybridized carbons (Fsp3) is 0.500. The van der Waals surface area contributed by atoms with E-state index in [1.165, 1.54) is 5.56 Å². The first kappa shape index (κ1) is 19.9. The number of carbonyl (C=O) groups excluding carboxylic acids is 1. The van der Waals surface area contributed by atoms with E-state index < -0.39 is 0 Å². The molecule has 0 fully saturated rings. The summed E-state index contributed by atoms with van der Waals surface area (Å²) in [5.74, 6) is 0.432. The van der Waals surface area contributed by atoms with Gasteiger partial charge in [-0.1, -0.05) is 39.0 Å². The largest absolute Gasteiger partial charge is 0.394 e. The van der Waals surface area contributed by atoms with Gasteiger partial charge in [0.1, 0.15) is 5.69 Å². The molecule has 0 radical (unpaired) electrons. The van der Waals surface area contributed by atoms with Crippen molar-refractivity contribution in [3.63, 3.8) is 0 Å². The molecular weight excluding hydrogens is 362 g/mol. The number of aromatic amines is 1. The summed E-state index contributed by atoms with van der Waals surface area (Å²) in [7, 11) is 0. The van der Waals surface area contributed by atoms with E-state index in [4.69, 9.17) is 4.98 Å². The van der Waals surface area contributed by atoms with Gasteiger partial charge in [0, 0.05) is 5.69 Å². The second-order valence-corrected chi connectivity index (χ2v) is 9.41. The Morgan fingerprint density at radius 3 is 2.86 bits per heavy atom. The maximum absolute atomic E-state index is 12.8. The Balaban J connectivity index is 1.55. The molecule has 0 spiro atoms. The van der Waals surface area contributed by atoms with Gasteiger partial charge in [0.2, 0.25) is 0 Å². The molecule has 2 aromatic rings. The number of hydrogen-bond donors (Lipinski definition) is 3. The average Bonchev–Trinajstić information content (AvgIpc) is 3.12. The van der Waals surface area contributed by atoms with Gasteiger partial charge in [0.25, 0.3) is 5.91 Å². The molecule has 2 aliphatic carbocycles. The van der Waals surface area contributed by atoms with Crippen LogP contribution in [-0.2, 0) is 12.8 Å².